The molecular formula is C102H119LiN14O17. The molecule has 15 N–H and O–H groups in total. The molecular weight excluding hydrogens is 1700 g/mol. The van der Waals surface area contributed by atoms with Crippen molar-refractivity contribution in [1.29, 1.82) is 0 Å². The number of benzene rings is 8. The molecule has 0 spiro atoms. The Bertz CT molecular complexity index is 5470. The fourth-order valence-electron chi connectivity index (χ4n) is 13.7. The van der Waals surface area contributed by atoms with Gasteiger partial charge in [-0.25, -0.2) is 4.79 Å². The Morgan fingerprint density at radius 3 is 0.791 bits per heavy atom. The fourth-order valence-corrected chi connectivity index (χ4v) is 13.7. The van der Waals surface area contributed by atoms with Crippen LogP contribution in [0, 0.1) is 47.4 Å². The molecule has 31 nitrogen and oxygen atoms in total. The topological polar surface area (TPSA) is 463 Å². The van der Waals surface area contributed by atoms with Crippen molar-refractivity contribution >= 4 is 88.0 Å². The van der Waals surface area contributed by atoms with Crippen LogP contribution >= 0.6 is 0 Å². The number of nitrogens with one attached hydrogen (secondary N) is 2. The predicted octanol–water partition coefficient (Wildman–Crippen LogP) is 4.24. The molecule has 0 bridgehead atoms. The molecule has 4 heterocycles. The molecule has 12 rings (SSSR count). The molecule has 0 aromatic heterocycles. The van der Waals surface area contributed by atoms with E-state index in [4.69, 9.17) is 48.4 Å². The maximum atomic E-state index is 13.6. The van der Waals surface area contributed by atoms with Gasteiger partial charge in [-0.05, 0) is 95.1 Å². The number of esters is 3. The molecule has 0 aliphatic carbocycles. The Morgan fingerprint density at radius 1 is 0.328 bits per heavy atom. The van der Waals surface area contributed by atoms with Gasteiger partial charge in [0.05, 0.1) is 95.9 Å². The molecule has 0 saturated carbocycles. The van der Waals surface area contributed by atoms with Gasteiger partial charge in [-0.15, -0.1) is 0 Å². The number of anilines is 4. The van der Waals surface area contributed by atoms with E-state index in [2.05, 4.69) is 69.3 Å². The minimum atomic E-state index is -0.959. The zero-order chi connectivity index (χ0) is 95.4. The van der Waals surface area contributed by atoms with Gasteiger partial charge in [0, 0.05) is 194 Å². The van der Waals surface area contributed by atoms with Crippen molar-refractivity contribution in [3.05, 3.63) is 274 Å². The van der Waals surface area contributed by atoms with E-state index in [1.54, 1.807) is 24.5 Å². The number of rotatable bonds is 35. The van der Waals surface area contributed by atoms with Crippen LogP contribution in [0.25, 0.3) is 0 Å². The summed E-state index contributed by atoms with van der Waals surface area (Å²) in [4.78, 5) is 144. The number of carboxylic acids is 2. The first kappa shape index (κ1) is 111. The molecule has 8 aromatic carbocycles. The number of carbonyl (C=O) groups excluding carboxylic acids is 9. The van der Waals surface area contributed by atoms with E-state index in [0.29, 0.717) is 118 Å². The third-order valence-electron chi connectivity index (χ3n) is 20.8. The fraction of sp³-hybridized carbons (Fsp3) is 0.324. The third kappa shape index (κ3) is 37.8. The number of carbonyl (C=O) groups is 11. The molecule has 4 aliphatic heterocycles. The SMILES string of the molecule is C=CC(=O)OC.COC(=O)CCN(CCC(=O)OC)CCC(=O)N1Cc2ccccc2C#Cc2ccccc21.NCCC(=O)N1Cc2ccccc2C#Cc2ccccc21.NCCN.NCCNC(=O)CCN(CCC(=O)NCCN)CCC(=O)N1Cc2ccccc2C#Cc2ccccc21.O=C(O)CCN(CCC(=O)O)CCC(=O)N1Cc2ccccc2C#Cc2ccccc21.[Li+].[OH-]. The number of aliphatic carboxylic acids is 2. The van der Waals surface area contributed by atoms with Crippen molar-refractivity contribution in [2.45, 2.75) is 90.4 Å². The first-order valence-corrected chi connectivity index (χ1v) is 43.4. The Labute approximate surface area is 795 Å². The number of carboxylic acid groups (broad SMARTS) is 2. The number of fused-ring (bicyclic) bond motifs is 8. The van der Waals surface area contributed by atoms with E-state index in [1.807, 2.05) is 204 Å². The second kappa shape index (κ2) is 61.7. The van der Waals surface area contributed by atoms with Crippen LogP contribution in [0.4, 0.5) is 22.7 Å². The zero-order valence-corrected chi connectivity index (χ0v) is 76.5. The molecule has 6 amide bonds. The first-order chi connectivity index (χ1) is 64.0. The van der Waals surface area contributed by atoms with Gasteiger partial charge >= 0.3 is 48.7 Å². The molecule has 0 saturated heterocycles. The third-order valence-corrected chi connectivity index (χ3v) is 20.8. The largest absolute Gasteiger partial charge is 1.00 e. The van der Waals surface area contributed by atoms with Crippen LogP contribution in [0.15, 0.2) is 207 Å². The van der Waals surface area contributed by atoms with Crippen molar-refractivity contribution in [2.75, 3.05) is 146 Å². The van der Waals surface area contributed by atoms with Crippen LogP contribution in [0.3, 0.4) is 0 Å². The second-order valence-corrected chi connectivity index (χ2v) is 30.0. The van der Waals surface area contributed by atoms with Gasteiger partial charge in [-0.3, -0.25) is 47.9 Å². The number of para-hydroxylation sites is 4. The summed E-state index contributed by atoms with van der Waals surface area (Å²) in [6, 6.07) is 61.8. The van der Waals surface area contributed by atoms with Gasteiger partial charge in [-0.2, -0.15) is 0 Å². The van der Waals surface area contributed by atoms with Crippen molar-refractivity contribution in [3.63, 3.8) is 0 Å². The van der Waals surface area contributed by atoms with E-state index in [-0.39, 0.29) is 149 Å². The number of hydrogen-bond donors (Lipinski definition) is 9. The van der Waals surface area contributed by atoms with Gasteiger partial charge < -0.3 is 104 Å². The van der Waals surface area contributed by atoms with E-state index in [0.717, 1.165) is 95.6 Å². The van der Waals surface area contributed by atoms with Crippen molar-refractivity contribution in [2.24, 2.45) is 28.7 Å². The summed E-state index contributed by atoms with van der Waals surface area (Å²) in [6.07, 6.45) is 2.72. The van der Waals surface area contributed by atoms with Crippen LogP contribution in [0.2, 0.25) is 0 Å². The molecule has 8 aromatic rings. The minimum absolute atomic E-state index is 0. The summed E-state index contributed by atoms with van der Waals surface area (Å²) >= 11 is 0. The molecule has 0 fully saturated rings. The monoisotopic (exact) mass is 1820 g/mol. The Balaban J connectivity index is 0.000000307. The van der Waals surface area contributed by atoms with Crippen molar-refractivity contribution in [1.82, 2.24) is 25.3 Å². The number of amides is 6. The van der Waals surface area contributed by atoms with Crippen molar-refractivity contribution in [3.8, 4) is 47.4 Å². The van der Waals surface area contributed by atoms with Gasteiger partial charge in [0.15, 0.2) is 0 Å². The quantitative estimate of drug-likeness (QED) is 0.00881. The summed E-state index contributed by atoms with van der Waals surface area (Å²) in [5.74, 6) is 22.2. The molecule has 0 radical (unpaired) electrons. The van der Waals surface area contributed by atoms with Crippen LogP contribution < -0.4 is 77.8 Å². The standard InChI is InChI=1S/C28H36N6O3.C26H28N2O5.C24H24N2O5.C18H16N2O.C4H6O2.C2H8N2.Li.H2O/c29-14-16-31-26(35)11-18-33(19-12-27(36)32-17-15-30)20-13-28(37)34-21-24-7-2-1-5-22(24)9-10-23-6-3-4-8-25(23)34;1-32-25(30)14-17-27(18-15-26(31)33-2)16-13-24(29)28-19-22-9-4-3-7-20(22)11-12-21-8-5-6-10-23(21)28;27-22(11-14-25(15-12-23(28)29)16-13-24(30)31)26-17-20-7-2-1-5-18(20)9-10-19-6-3-4-8-21(19)26;19-12-11-18(21)20-13-16-7-2-1-5-14(16)9-10-15-6-3-4-8-17(15)20;1-3-4(5)6-2;3-1-2-4;;/h1-8H,11-21,29-30H2,(H,31,35)(H,32,36);3-10H,13-19H2,1-2H3;1-8H,11-17H2,(H,28,29)(H,30,31);1-8H,11-13,19H2;3H,1H2,2H3;1-4H2;;1H2/q;;;;;;+1;/p-1. The first-order valence-electron chi connectivity index (χ1n) is 43.4. The number of ether oxygens (including phenoxy) is 3. The minimum Gasteiger partial charge on any atom is -0.870 e. The van der Waals surface area contributed by atoms with Gasteiger partial charge in [0.1, 0.15) is 0 Å². The normalized spacial score (nSPS) is 11.5. The molecule has 32 heteroatoms. The summed E-state index contributed by atoms with van der Waals surface area (Å²) < 4.78 is 13.6. The number of nitrogens with zero attached hydrogens (tertiary/aromatic N) is 7. The second-order valence-electron chi connectivity index (χ2n) is 30.0. The van der Waals surface area contributed by atoms with E-state index >= 15 is 0 Å². The number of methoxy groups -OCH3 is 3. The van der Waals surface area contributed by atoms with E-state index in [1.165, 1.54) is 21.3 Å². The molecule has 0 unspecified atom stereocenters. The van der Waals surface area contributed by atoms with Gasteiger partial charge in [0.25, 0.3) is 0 Å². The number of hydrogen-bond acceptors (Lipinski definition) is 23. The van der Waals surface area contributed by atoms with E-state index in [9.17, 15) is 52.7 Å². The summed E-state index contributed by atoms with van der Waals surface area (Å²) in [6.45, 7) is 11.2. The Hall–Kier alpha value is -13.9. The van der Waals surface area contributed by atoms with Crippen LogP contribution in [0.1, 0.15) is 131 Å². The molecule has 0 atom stereocenters. The summed E-state index contributed by atoms with van der Waals surface area (Å²) in [7, 11) is 3.99. The van der Waals surface area contributed by atoms with E-state index < -0.39 is 17.9 Å². The van der Waals surface area contributed by atoms with Gasteiger partial charge in [-0.1, -0.05) is 175 Å². The average molecular weight is 1820 g/mol. The maximum Gasteiger partial charge on any atom is 1.00 e. The molecule has 134 heavy (non-hydrogen) atoms. The maximum absolute atomic E-state index is 13.6. The smallest absolute Gasteiger partial charge is 0.870 e. The summed E-state index contributed by atoms with van der Waals surface area (Å²) in [5, 5.41) is 23.4. The van der Waals surface area contributed by atoms with Gasteiger partial charge in [0.2, 0.25) is 35.4 Å². The summed E-state index contributed by atoms with van der Waals surface area (Å²) in [5.41, 5.74) is 40.3. The average Bonchev–Trinajstić information content (AvgIpc) is 0.817. The molecule has 4 aliphatic rings. The van der Waals surface area contributed by atoms with Crippen LogP contribution in [-0.4, -0.2) is 222 Å². The molecule has 700 valence electrons. The predicted molar refractivity (Wildman–Crippen MR) is 510 cm³/mol. The Morgan fingerprint density at radius 2 is 0.560 bits per heavy atom. The zero-order valence-electron chi connectivity index (χ0n) is 76.5. The Kier molecular flexibility index (Phi) is 51.0. The van der Waals surface area contributed by atoms with Crippen LogP contribution in [-0.2, 0) is 93.1 Å². The number of nitrogens with two attached hydrogens (primary N) is 5. The van der Waals surface area contributed by atoms with Crippen molar-refractivity contribution < 1.29 is 102 Å². The van der Waals surface area contributed by atoms with Crippen LogP contribution in [0.5, 0.6) is 0 Å².